The van der Waals surface area contributed by atoms with E-state index in [2.05, 4.69) is 10.5 Å². The molecule has 0 spiro atoms. The van der Waals surface area contributed by atoms with E-state index < -0.39 is 0 Å². The van der Waals surface area contributed by atoms with E-state index in [1.807, 2.05) is 49.6 Å². The quantitative estimate of drug-likeness (QED) is 0.514. The molecular weight excluding hydrogens is 284 g/mol. The minimum atomic E-state index is -0.314. The largest absolute Gasteiger partial charge is 0.462 e. The monoisotopic (exact) mass is 302 g/mol. The Morgan fingerprint density at radius 3 is 2.71 bits per heavy atom. The molecule has 0 aliphatic rings. The fourth-order valence-electron chi connectivity index (χ4n) is 1.88. The standard InChI is InChI=1S/C16H18N2O2S/c1-4-20-16(19)15-12(3)21-10-14(15)18-17-11(2)13-8-6-5-7-9-13/h5-10,18H,4H2,1-3H3. The van der Waals surface area contributed by atoms with Crippen LogP contribution >= 0.6 is 11.3 Å². The van der Waals surface area contributed by atoms with Gasteiger partial charge in [-0.2, -0.15) is 5.10 Å². The number of carbonyl (C=O) groups is 1. The van der Waals surface area contributed by atoms with Crippen LogP contribution in [0.2, 0.25) is 0 Å². The van der Waals surface area contributed by atoms with Gasteiger partial charge in [-0.1, -0.05) is 30.3 Å². The van der Waals surface area contributed by atoms with Crippen molar-refractivity contribution in [2.24, 2.45) is 5.10 Å². The minimum Gasteiger partial charge on any atom is -0.462 e. The number of esters is 1. The van der Waals surface area contributed by atoms with Crippen molar-refractivity contribution in [3.63, 3.8) is 0 Å². The number of aryl methyl sites for hydroxylation is 1. The van der Waals surface area contributed by atoms with E-state index in [1.54, 1.807) is 6.92 Å². The summed E-state index contributed by atoms with van der Waals surface area (Å²) in [5.41, 5.74) is 6.11. The lowest BCUT2D eigenvalue weighted by molar-refractivity contribution is 0.0527. The Balaban J connectivity index is 2.19. The van der Waals surface area contributed by atoms with Crippen LogP contribution in [0.15, 0.2) is 40.8 Å². The highest BCUT2D eigenvalue weighted by atomic mass is 32.1. The van der Waals surface area contributed by atoms with E-state index in [9.17, 15) is 4.79 Å². The van der Waals surface area contributed by atoms with Crippen molar-refractivity contribution in [1.29, 1.82) is 0 Å². The molecule has 1 aromatic heterocycles. The van der Waals surface area contributed by atoms with Gasteiger partial charge in [-0.25, -0.2) is 4.79 Å². The van der Waals surface area contributed by atoms with Gasteiger partial charge >= 0.3 is 5.97 Å². The van der Waals surface area contributed by atoms with Crippen molar-refractivity contribution < 1.29 is 9.53 Å². The van der Waals surface area contributed by atoms with Gasteiger partial charge in [0.1, 0.15) is 0 Å². The lowest BCUT2D eigenvalue weighted by Gasteiger charge is -2.06. The SMILES string of the molecule is CCOC(=O)c1c(NN=C(C)c2ccccc2)csc1C. The fraction of sp³-hybridized carbons (Fsp3) is 0.250. The summed E-state index contributed by atoms with van der Waals surface area (Å²) in [6, 6.07) is 9.88. The van der Waals surface area contributed by atoms with E-state index in [0.29, 0.717) is 17.9 Å². The lowest BCUT2D eigenvalue weighted by Crippen LogP contribution is -2.08. The maximum absolute atomic E-state index is 12.0. The molecule has 0 saturated carbocycles. The molecule has 0 bridgehead atoms. The zero-order valence-electron chi connectivity index (χ0n) is 12.3. The normalized spacial score (nSPS) is 11.3. The molecule has 21 heavy (non-hydrogen) atoms. The molecule has 0 atom stereocenters. The Labute approximate surface area is 128 Å². The van der Waals surface area contributed by atoms with Crippen LogP contribution in [0.3, 0.4) is 0 Å². The number of benzene rings is 1. The van der Waals surface area contributed by atoms with Gasteiger partial charge < -0.3 is 4.74 Å². The van der Waals surface area contributed by atoms with Gasteiger partial charge in [-0.3, -0.25) is 5.43 Å². The number of anilines is 1. The van der Waals surface area contributed by atoms with E-state index in [-0.39, 0.29) is 5.97 Å². The second-order valence-electron chi connectivity index (χ2n) is 4.48. The molecule has 4 nitrogen and oxygen atoms in total. The molecule has 1 heterocycles. The number of hydrogen-bond donors (Lipinski definition) is 1. The number of hydrogen-bond acceptors (Lipinski definition) is 5. The molecule has 2 rings (SSSR count). The summed E-state index contributed by atoms with van der Waals surface area (Å²) in [4.78, 5) is 12.9. The van der Waals surface area contributed by atoms with Gasteiger partial charge in [0, 0.05) is 10.3 Å². The molecule has 0 aliphatic heterocycles. The van der Waals surface area contributed by atoms with Crippen LogP contribution in [-0.4, -0.2) is 18.3 Å². The lowest BCUT2D eigenvalue weighted by atomic mass is 10.1. The highest BCUT2D eigenvalue weighted by Gasteiger charge is 2.17. The maximum atomic E-state index is 12.0. The first-order valence-corrected chi connectivity index (χ1v) is 7.62. The molecule has 2 aromatic rings. The van der Waals surface area contributed by atoms with Crippen LogP contribution in [0, 0.1) is 6.92 Å². The minimum absolute atomic E-state index is 0.314. The van der Waals surface area contributed by atoms with E-state index in [4.69, 9.17) is 4.74 Å². The average Bonchev–Trinajstić information content (AvgIpc) is 2.87. The number of carbonyl (C=O) groups excluding carboxylic acids is 1. The fourth-order valence-corrected chi connectivity index (χ4v) is 2.66. The third kappa shape index (κ3) is 3.70. The Kier molecular flexibility index (Phi) is 5.11. The van der Waals surface area contributed by atoms with Gasteiger partial charge in [0.15, 0.2) is 0 Å². The van der Waals surface area contributed by atoms with Crippen molar-refractivity contribution >= 4 is 28.7 Å². The summed E-state index contributed by atoms with van der Waals surface area (Å²) in [7, 11) is 0. The first-order chi connectivity index (χ1) is 10.1. The summed E-state index contributed by atoms with van der Waals surface area (Å²) in [5, 5.41) is 6.23. The molecule has 0 radical (unpaired) electrons. The molecule has 0 amide bonds. The number of hydrazone groups is 1. The summed E-state index contributed by atoms with van der Waals surface area (Å²) in [6.07, 6.45) is 0. The highest BCUT2D eigenvalue weighted by Crippen LogP contribution is 2.27. The van der Waals surface area contributed by atoms with Crippen LogP contribution < -0.4 is 5.43 Å². The van der Waals surface area contributed by atoms with E-state index in [1.165, 1.54) is 11.3 Å². The smallest absolute Gasteiger partial charge is 0.341 e. The van der Waals surface area contributed by atoms with Gasteiger partial charge in [0.25, 0.3) is 0 Å². The molecule has 0 saturated heterocycles. The summed E-state index contributed by atoms with van der Waals surface area (Å²) >= 11 is 1.50. The number of nitrogens with one attached hydrogen (secondary N) is 1. The molecule has 5 heteroatoms. The molecule has 0 fully saturated rings. The number of thiophene rings is 1. The number of ether oxygens (including phenoxy) is 1. The second kappa shape index (κ2) is 7.04. The maximum Gasteiger partial charge on any atom is 0.341 e. The first kappa shape index (κ1) is 15.3. The average molecular weight is 302 g/mol. The van der Waals surface area contributed by atoms with E-state index in [0.717, 1.165) is 16.2 Å². The topological polar surface area (TPSA) is 50.7 Å². The van der Waals surface area contributed by atoms with Crippen LogP contribution in [0.5, 0.6) is 0 Å². The van der Waals surface area contributed by atoms with Crippen molar-refractivity contribution in [2.45, 2.75) is 20.8 Å². The molecule has 1 N–H and O–H groups in total. The molecule has 110 valence electrons. The predicted octanol–water partition coefficient (Wildman–Crippen LogP) is 4.07. The van der Waals surface area contributed by atoms with Crippen molar-refractivity contribution in [3.05, 3.63) is 51.7 Å². The van der Waals surface area contributed by atoms with Crippen LogP contribution in [-0.2, 0) is 4.74 Å². The Bertz CT molecular complexity index is 648. The predicted molar refractivity (Wildman–Crippen MR) is 87.3 cm³/mol. The summed E-state index contributed by atoms with van der Waals surface area (Å²) in [5.74, 6) is -0.314. The highest BCUT2D eigenvalue weighted by molar-refractivity contribution is 7.10. The molecular formula is C16H18N2O2S. The molecule has 1 aromatic carbocycles. The van der Waals surface area contributed by atoms with Crippen molar-refractivity contribution in [2.75, 3.05) is 12.0 Å². The Hall–Kier alpha value is -2.14. The Morgan fingerprint density at radius 2 is 2.05 bits per heavy atom. The summed E-state index contributed by atoms with van der Waals surface area (Å²) < 4.78 is 5.08. The van der Waals surface area contributed by atoms with Gasteiger partial charge in [0.2, 0.25) is 0 Å². The molecule has 0 aliphatic carbocycles. The number of rotatable bonds is 5. The van der Waals surface area contributed by atoms with Crippen LogP contribution in [0.1, 0.15) is 34.6 Å². The Morgan fingerprint density at radius 1 is 1.33 bits per heavy atom. The van der Waals surface area contributed by atoms with Crippen molar-refractivity contribution in [1.82, 2.24) is 0 Å². The summed E-state index contributed by atoms with van der Waals surface area (Å²) in [6.45, 7) is 5.98. The van der Waals surface area contributed by atoms with E-state index >= 15 is 0 Å². The zero-order valence-corrected chi connectivity index (χ0v) is 13.2. The van der Waals surface area contributed by atoms with Crippen LogP contribution in [0.25, 0.3) is 0 Å². The van der Waals surface area contributed by atoms with Gasteiger partial charge in [0.05, 0.1) is 23.6 Å². The third-order valence-corrected chi connectivity index (χ3v) is 3.90. The first-order valence-electron chi connectivity index (χ1n) is 6.74. The zero-order chi connectivity index (χ0) is 15.2. The third-order valence-electron chi connectivity index (χ3n) is 2.99. The van der Waals surface area contributed by atoms with Crippen molar-refractivity contribution in [3.8, 4) is 0 Å². The van der Waals surface area contributed by atoms with Gasteiger partial charge in [-0.05, 0) is 26.3 Å². The number of nitrogens with zero attached hydrogens (tertiary/aromatic N) is 1. The second-order valence-corrected chi connectivity index (χ2v) is 5.56. The van der Waals surface area contributed by atoms with Gasteiger partial charge in [-0.15, -0.1) is 11.3 Å². The molecule has 0 unspecified atom stereocenters. The van der Waals surface area contributed by atoms with Crippen LogP contribution in [0.4, 0.5) is 5.69 Å².